The highest BCUT2D eigenvalue weighted by Gasteiger charge is 2.57. The molecule has 2 aliphatic rings. The molecule has 2 aliphatic heterocycles. The summed E-state index contributed by atoms with van der Waals surface area (Å²) in [6.07, 6.45) is -1.21. The van der Waals surface area contributed by atoms with E-state index >= 15 is 0 Å². The molecule has 4 N–H and O–H groups in total. The molecule has 0 aromatic rings. The number of carbonyl (C=O) groups excluding carboxylic acids is 3. The molecule has 0 aliphatic carbocycles. The van der Waals surface area contributed by atoms with Crippen molar-refractivity contribution in [1.82, 2.24) is 10.2 Å². The Bertz CT molecular complexity index is 534. The number of nitrogens with zero attached hydrogens (tertiary/aromatic N) is 1. The molecule has 2 rings (SSSR count). The van der Waals surface area contributed by atoms with Crippen LogP contribution in [-0.4, -0.2) is 59.5 Å². The van der Waals surface area contributed by atoms with Crippen LogP contribution < -0.4 is 11.1 Å². The Balaban J connectivity index is 2.22. The van der Waals surface area contributed by atoms with Crippen molar-refractivity contribution in [3.05, 3.63) is 10.6 Å². The summed E-state index contributed by atoms with van der Waals surface area (Å²) >= 11 is 1.37. The fourth-order valence-corrected chi connectivity index (χ4v) is 3.69. The highest BCUT2D eigenvalue weighted by atomic mass is 32.2. The summed E-state index contributed by atoms with van der Waals surface area (Å²) in [6.45, 7) is 1.97. The second-order valence-corrected chi connectivity index (χ2v) is 6.27. The summed E-state index contributed by atoms with van der Waals surface area (Å²) in [5.74, 6) is -1.13. The molecule has 22 heavy (non-hydrogen) atoms. The van der Waals surface area contributed by atoms with Crippen LogP contribution in [-0.2, 0) is 14.3 Å². The number of carbonyl (C=O) groups is 3. The molecule has 0 aromatic carbocycles. The molecule has 2 heterocycles. The zero-order valence-electron chi connectivity index (χ0n) is 12.4. The van der Waals surface area contributed by atoms with Gasteiger partial charge in [-0.3, -0.25) is 4.79 Å². The molecule has 8 nitrogen and oxygen atoms in total. The fraction of sp³-hybridized carbons (Fsp3) is 0.615. The smallest absolute Gasteiger partial charge is 0.393 e. The number of ether oxygens (including phenoxy) is 1. The number of nitrogens with one attached hydrogen (secondary N) is 1. The van der Waals surface area contributed by atoms with Crippen molar-refractivity contribution in [2.75, 3.05) is 19.3 Å². The summed E-state index contributed by atoms with van der Waals surface area (Å²) in [5.41, 5.74) is 5.57. The van der Waals surface area contributed by atoms with Gasteiger partial charge in [0.2, 0.25) is 5.91 Å². The van der Waals surface area contributed by atoms with Crippen LogP contribution in [0.5, 0.6) is 0 Å². The normalized spacial score (nSPS) is 24.7. The first-order valence-corrected chi connectivity index (χ1v) is 7.92. The van der Waals surface area contributed by atoms with Gasteiger partial charge in [0.15, 0.2) is 0 Å². The number of β-lactam (4-membered cyclic amide) rings is 1. The molecule has 1 saturated heterocycles. The molecule has 9 heteroatoms. The quantitative estimate of drug-likeness (QED) is 0.349. The van der Waals surface area contributed by atoms with E-state index in [1.807, 2.05) is 0 Å². The maximum absolute atomic E-state index is 12.2. The summed E-state index contributed by atoms with van der Waals surface area (Å²) in [6, 6.07) is -0.264. The third-order valence-corrected chi connectivity index (χ3v) is 4.81. The van der Waals surface area contributed by atoms with Gasteiger partial charge in [-0.15, -0.1) is 11.8 Å². The van der Waals surface area contributed by atoms with E-state index in [1.54, 1.807) is 6.92 Å². The van der Waals surface area contributed by atoms with Crippen LogP contribution in [0.2, 0.25) is 0 Å². The number of thioether (sulfide) groups is 1. The Hall–Kier alpha value is -1.58. The molecule has 0 bridgehead atoms. The molecule has 1 fully saturated rings. The average Bonchev–Trinajstić information content (AvgIpc) is 2.78. The second kappa shape index (κ2) is 6.67. The van der Waals surface area contributed by atoms with Gasteiger partial charge in [0.05, 0.1) is 18.1 Å². The predicted octanol–water partition coefficient (Wildman–Crippen LogP) is -0.616. The monoisotopic (exact) mass is 329 g/mol. The lowest BCUT2D eigenvalue weighted by atomic mass is 9.83. The van der Waals surface area contributed by atoms with E-state index in [0.717, 1.165) is 0 Å². The van der Waals surface area contributed by atoms with Crippen molar-refractivity contribution >= 4 is 29.7 Å². The van der Waals surface area contributed by atoms with Gasteiger partial charge in [0.1, 0.15) is 5.70 Å². The summed E-state index contributed by atoms with van der Waals surface area (Å²) in [5, 5.41) is 11.9. The van der Waals surface area contributed by atoms with Gasteiger partial charge in [0, 0.05) is 30.7 Å². The number of esters is 1. The number of nitrogens with two attached hydrogens (primary N) is 1. The average molecular weight is 329 g/mol. The predicted molar refractivity (Wildman–Crippen MR) is 79.5 cm³/mol. The van der Waals surface area contributed by atoms with Gasteiger partial charge in [-0.25, -0.2) is 9.59 Å². The standard InChI is InChI=1S/C13H19N3O5S/c1-6(17)9-7-5-8(22-4-3-14)10(16(7)11(9)18)12(19)21-13(20)15-2/h6-7,9,17H,3-5,14H2,1-2H3,(H,15,20)/t6-,7-,9-/m1/s1. The molecule has 0 saturated carbocycles. The lowest BCUT2D eigenvalue weighted by Crippen LogP contribution is -2.62. The van der Waals surface area contributed by atoms with E-state index in [1.165, 1.54) is 23.7 Å². The van der Waals surface area contributed by atoms with Crippen molar-refractivity contribution in [2.24, 2.45) is 11.7 Å². The molecule has 0 spiro atoms. The number of hydrogen-bond acceptors (Lipinski definition) is 7. The third kappa shape index (κ3) is 2.83. The SMILES string of the molecule is CNC(=O)OC(=O)C1=C(SCCN)C[C@@H]2[C@@H]([C@@H](C)O)C(=O)N12. The maximum atomic E-state index is 12.2. The first-order valence-electron chi connectivity index (χ1n) is 6.93. The number of rotatable bonds is 5. The summed E-state index contributed by atoms with van der Waals surface area (Å²) in [4.78, 5) is 37.5. The van der Waals surface area contributed by atoms with Crippen molar-refractivity contribution in [3.8, 4) is 0 Å². The molecule has 0 unspecified atom stereocenters. The topological polar surface area (TPSA) is 122 Å². The molecule has 2 amide bonds. The van der Waals surface area contributed by atoms with Gasteiger partial charge in [0.25, 0.3) is 0 Å². The van der Waals surface area contributed by atoms with Crippen LogP contribution in [0, 0.1) is 5.92 Å². The lowest BCUT2D eigenvalue weighted by Gasteiger charge is -2.44. The lowest BCUT2D eigenvalue weighted by molar-refractivity contribution is -0.161. The van der Waals surface area contributed by atoms with Gasteiger partial charge >= 0.3 is 12.1 Å². The maximum Gasteiger partial charge on any atom is 0.414 e. The Labute approximate surface area is 132 Å². The summed E-state index contributed by atoms with van der Waals surface area (Å²) in [7, 11) is 1.34. The number of hydrogen-bond donors (Lipinski definition) is 3. The van der Waals surface area contributed by atoms with E-state index in [-0.39, 0.29) is 17.6 Å². The Kier molecular flexibility index (Phi) is 5.09. The van der Waals surface area contributed by atoms with E-state index in [2.05, 4.69) is 10.1 Å². The molecule has 122 valence electrons. The molecule has 0 radical (unpaired) electrons. The fourth-order valence-electron chi connectivity index (χ4n) is 2.72. The molecule has 3 atom stereocenters. The minimum atomic E-state index is -0.885. The van der Waals surface area contributed by atoms with Crippen molar-refractivity contribution in [2.45, 2.75) is 25.5 Å². The van der Waals surface area contributed by atoms with Crippen LogP contribution in [0.15, 0.2) is 10.6 Å². The minimum absolute atomic E-state index is 0.0916. The number of amides is 2. The van der Waals surface area contributed by atoms with Crippen LogP contribution in [0.3, 0.4) is 0 Å². The Morgan fingerprint density at radius 3 is 2.82 bits per heavy atom. The van der Waals surface area contributed by atoms with E-state index in [9.17, 15) is 19.5 Å². The molecular weight excluding hydrogens is 310 g/mol. The van der Waals surface area contributed by atoms with Gasteiger partial charge in [-0.05, 0) is 6.92 Å². The number of alkyl carbamates (subject to hydrolysis) is 1. The largest absolute Gasteiger partial charge is 0.414 e. The molecule has 0 aromatic heterocycles. The van der Waals surface area contributed by atoms with Crippen LogP contribution in [0.25, 0.3) is 0 Å². The van der Waals surface area contributed by atoms with Crippen molar-refractivity contribution in [1.29, 1.82) is 0 Å². The second-order valence-electron chi connectivity index (χ2n) is 5.08. The van der Waals surface area contributed by atoms with E-state index in [4.69, 9.17) is 5.73 Å². The highest BCUT2D eigenvalue weighted by molar-refractivity contribution is 8.03. The minimum Gasteiger partial charge on any atom is -0.393 e. The van der Waals surface area contributed by atoms with Crippen molar-refractivity contribution in [3.63, 3.8) is 0 Å². The zero-order chi connectivity index (χ0) is 16.4. The zero-order valence-corrected chi connectivity index (χ0v) is 13.2. The third-order valence-electron chi connectivity index (χ3n) is 3.67. The highest BCUT2D eigenvalue weighted by Crippen LogP contribution is 2.47. The van der Waals surface area contributed by atoms with Gasteiger partial charge in [-0.1, -0.05) is 0 Å². The van der Waals surface area contributed by atoms with Crippen LogP contribution in [0.1, 0.15) is 13.3 Å². The number of aliphatic hydroxyl groups is 1. The first-order chi connectivity index (χ1) is 10.4. The Morgan fingerprint density at radius 2 is 2.27 bits per heavy atom. The van der Waals surface area contributed by atoms with Crippen LogP contribution in [0.4, 0.5) is 4.79 Å². The first kappa shape index (κ1) is 16.8. The van der Waals surface area contributed by atoms with E-state index in [0.29, 0.717) is 23.6 Å². The Morgan fingerprint density at radius 1 is 1.59 bits per heavy atom. The van der Waals surface area contributed by atoms with Crippen molar-refractivity contribution < 1.29 is 24.2 Å². The summed E-state index contributed by atoms with van der Waals surface area (Å²) < 4.78 is 4.64. The van der Waals surface area contributed by atoms with Gasteiger partial charge in [-0.2, -0.15) is 0 Å². The van der Waals surface area contributed by atoms with Gasteiger partial charge < -0.3 is 25.8 Å². The van der Waals surface area contributed by atoms with Crippen LogP contribution >= 0.6 is 11.8 Å². The number of fused-ring (bicyclic) bond motifs is 1. The van der Waals surface area contributed by atoms with E-state index < -0.39 is 24.1 Å². The number of aliphatic hydroxyl groups excluding tert-OH is 1. The molecular formula is C13H19N3O5S.